The summed E-state index contributed by atoms with van der Waals surface area (Å²) in [6.07, 6.45) is 6.75. The summed E-state index contributed by atoms with van der Waals surface area (Å²) >= 11 is 0. The van der Waals surface area contributed by atoms with Crippen LogP contribution < -0.4 is 0 Å². The Morgan fingerprint density at radius 2 is 1.92 bits per heavy atom. The molecule has 5 heteroatoms. The van der Waals surface area contributed by atoms with E-state index in [4.69, 9.17) is 0 Å². The van der Waals surface area contributed by atoms with Gasteiger partial charge in [-0.05, 0) is 49.3 Å². The smallest absolute Gasteiger partial charge is 0.225 e. The summed E-state index contributed by atoms with van der Waals surface area (Å²) < 4.78 is 13.6. The number of amides is 2. The molecule has 0 spiro atoms. The van der Waals surface area contributed by atoms with Crippen molar-refractivity contribution in [3.05, 3.63) is 35.6 Å². The van der Waals surface area contributed by atoms with Gasteiger partial charge in [-0.2, -0.15) is 0 Å². The Hall–Kier alpha value is -1.91. The molecule has 2 saturated heterocycles. The number of rotatable bonds is 3. The fourth-order valence-corrected chi connectivity index (χ4v) is 4.98. The predicted molar refractivity (Wildman–Crippen MR) is 96.6 cm³/mol. The zero-order valence-corrected chi connectivity index (χ0v) is 15.2. The third-order valence-corrected chi connectivity index (χ3v) is 6.35. The molecule has 140 valence electrons. The van der Waals surface area contributed by atoms with Gasteiger partial charge in [0.25, 0.3) is 0 Å². The molecule has 0 aromatic heterocycles. The average Bonchev–Trinajstić information content (AvgIpc) is 3.27. The molecule has 0 unspecified atom stereocenters. The van der Waals surface area contributed by atoms with E-state index >= 15 is 0 Å². The Bertz CT molecular complexity index is 686. The monoisotopic (exact) mass is 358 g/mol. The van der Waals surface area contributed by atoms with Crippen molar-refractivity contribution >= 4 is 11.8 Å². The summed E-state index contributed by atoms with van der Waals surface area (Å²) in [5.74, 6) is 0.682. The first-order valence-electron chi connectivity index (χ1n) is 9.94. The van der Waals surface area contributed by atoms with E-state index in [9.17, 15) is 14.0 Å². The lowest BCUT2D eigenvalue weighted by molar-refractivity contribution is -0.137. The van der Waals surface area contributed by atoms with E-state index in [1.165, 1.54) is 12.1 Å². The minimum absolute atomic E-state index is 0.0682. The van der Waals surface area contributed by atoms with Crippen LogP contribution in [0.15, 0.2) is 24.3 Å². The SMILES string of the molecule is O=C(C1CCCC1)N1C[C@H]2CCCC(=O)N(Cc3cccc(F)c3)[C@H]2C1. The number of halogens is 1. The summed E-state index contributed by atoms with van der Waals surface area (Å²) in [6, 6.07) is 6.55. The van der Waals surface area contributed by atoms with Gasteiger partial charge >= 0.3 is 0 Å². The molecule has 3 fully saturated rings. The van der Waals surface area contributed by atoms with E-state index in [0.29, 0.717) is 25.4 Å². The largest absolute Gasteiger partial charge is 0.340 e. The van der Waals surface area contributed by atoms with Crippen LogP contribution >= 0.6 is 0 Å². The van der Waals surface area contributed by atoms with E-state index in [1.807, 2.05) is 15.9 Å². The van der Waals surface area contributed by atoms with E-state index < -0.39 is 0 Å². The van der Waals surface area contributed by atoms with Crippen molar-refractivity contribution in [2.45, 2.75) is 57.5 Å². The van der Waals surface area contributed by atoms with Crippen molar-refractivity contribution in [1.82, 2.24) is 9.80 Å². The van der Waals surface area contributed by atoms with Gasteiger partial charge in [-0.1, -0.05) is 25.0 Å². The van der Waals surface area contributed by atoms with Crippen molar-refractivity contribution in [3.8, 4) is 0 Å². The Labute approximate surface area is 154 Å². The van der Waals surface area contributed by atoms with E-state index in [0.717, 1.165) is 50.6 Å². The van der Waals surface area contributed by atoms with Crippen LogP contribution in [0.1, 0.15) is 50.5 Å². The van der Waals surface area contributed by atoms with E-state index in [1.54, 1.807) is 6.07 Å². The molecule has 3 aliphatic rings. The molecule has 1 saturated carbocycles. The number of benzene rings is 1. The summed E-state index contributed by atoms with van der Waals surface area (Å²) in [4.78, 5) is 29.5. The van der Waals surface area contributed by atoms with Crippen molar-refractivity contribution in [2.75, 3.05) is 13.1 Å². The highest BCUT2D eigenvalue weighted by Gasteiger charge is 2.43. The number of carbonyl (C=O) groups is 2. The number of carbonyl (C=O) groups excluding carboxylic acids is 2. The quantitative estimate of drug-likeness (QED) is 0.831. The standard InChI is InChI=1S/C21H27FN2O2/c22-18-9-3-5-15(11-18)12-24-19-14-23(21(26)16-6-1-2-7-16)13-17(19)8-4-10-20(24)25/h3,5,9,11,16-17,19H,1-2,4,6-8,10,12-14H2/t17-,19+/m1/s1. The van der Waals surface area contributed by atoms with Gasteiger partial charge < -0.3 is 9.80 Å². The number of hydrogen-bond donors (Lipinski definition) is 0. The molecule has 1 aromatic carbocycles. The number of fused-ring (bicyclic) bond motifs is 1. The van der Waals surface area contributed by atoms with Crippen LogP contribution in [-0.2, 0) is 16.1 Å². The molecule has 4 rings (SSSR count). The molecule has 1 aliphatic carbocycles. The third-order valence-electron chi connectivity index (χ3n) is 6.35. The topological polar surface area (TPSA) is 40.6 Å². The lowest BCUT2D eigenvalue weighted by Crippen LogP contribution is -2.43. The van der Waals surface area contributed by atoms with Gasteiger partial charge in [0.1, 0.15) is 5.82 Å². The Balaban J connectivity index is 1.51. The van der Waals surface area contributed by atoms with Crippen LogP contribution in [-0.4, -0.2) is 40.7 Å². The van der Waals surface area contributed by atoms with Gasteiger partial charge in [0.2, 0.25) is 11.8 Å². The number of hydrogen-bond acceptors (Lipinski definition) is 2. The molecule has 0 N–H and O–H groups in total. The zero-order chi connectivity index (χ0) is 18.1. The van der Waals surface area contributed by atoms with Crippen LogP contribution in [0.4, 0.5) is 4.39 Å². The maximum atomic E-state index is 13.6. The summed E-state index contributed by atoms with van der Waals surface area (Å²) in [5, 5.41) is 0. The normalized spacial score (nSPS) is 26.9. The highest BCUT2D eigenvalue weighted by Crippen LogP contribution is 2.34. The molecule has 26 heavy (non-hydrogen) atoms. The van der Waals surface area contributed by atoms with Gasteiger partial charge in [-0.25, -0.2) is 4.39 Å². The van der Waals surface area contributed by atoms with Crippen LogP contribution in [0.3, 0.4) is 0 Å². The molecule has 0 bridgehead atoms. The predicted octanol–water partition coefficient (Wildman–Crippen LogP) is 3.36. The molecular formula is C21H27FN2O2. The van der Waals surface area contributed by atoms with Gasteiger partial charge in [-0.15, -0.1) is 0 Å². The summed E-state index contributed by atoms with van der Waals surface area (Å²) in [6.45, 7) is 1.84. The number of likely N-dealkylation sites (tertiary alicyclic amines) is 2. The highest BCUT2D eigenvalue weighted by molar-refractivity contribution is 5.80. The first kappa shape index (κ1) is 17.5. The van der Waals surface area contributed by atoms with Crippen molar-refractivity contribution < 1.29 is 14.0 Å². The van der Waals surface area contributed by atoms with Crippen molar-refractivity contribution in [2.24, 2.45) is 11.8 Å². The molecule has 0 radical (unpaired) electrons. The summed E-state index contributed by atoms with van der Waals surface area (Å²) in [5.41, 5.74) is 0.819. The number of nitrogens with zero attached hydrogens (tertiary/aromatic N) is 2. The van der Waals surface area contributed by atoms with Gasteiger partial charge in [0.05, 0.1) is 6.04 Å². The molecule has 2 atom stereocenters. The second-order valence-corrected chi connectivity index (χ2v) is 8.10. The Morgan fingerprint density at radius 3 is 2.69 bits per heavy atom. The van der Waals surface area contributed by atoms with E-state index in [-0.39, 0.29) is 29.6 Å². The first-order valence-corrected chi connectivity index (χ1v) is 9.94. The lowest BCUT2D eigenvalue weighted by atomic mass is 9.98. The third kappa shape index (κ3) is 3.49. The fourth-order valence-electron chi connectivity index (χ4n) is 4.98. The maximum absolute atomic E-state index is 13.6. The molecule has 1 aromatic rings. The molecule has 2 aliphatic heterocycles. The Kier molecular flexibility index (Phi) is 4.96. The van der Waals surface area contributed by atoms with Gasteiger partial charge in [-0.3, -0.25) is 9.59 Å². The molecule has 2 amide bonds. The summed E-state index contributed by atoms with van der Waals surface area (Å²) in [7, 11) is 0. The van der Waals surface area contributed by atoms with Crippen molar-refractivity contribution in [1.29, 1.82) is 0 Å². The second-order valence-electron chi connectivity index (χ2n) is 8.10. The Morgan fingerprint density at radius 1 is 1.12 bits per heavy atom. The average molecular weight is 358 g/mol. The molecular weight excluding hydrogens is 331 g/mol. The minimum atomic E-state index is -0.272. The lowest BCUT2D eigenvalue weighted by Gasteiger charge is -2.30. The van der Waals surface area contributed by atoms with Crippen LogP contribution in [0.25, 0.3) is 0 Å². The fraction of sp³-hybridized carbons (Fsp3) is 0.619. The maximum Gasteiger partial charge on any atom is 0.225 e. The van der Waals surface area contributed by atoms with Gasteiger partial charge in [0, 0.05) is 32.0 Å². The van der Waals surface area contributed by atoms with Gasteiger partial charge in [0.15, 0.2) is 0 Å². The second kappa shape index (κ2) is 7.37. The minimum Gasteiger partial charge on any atom is -0.340 e. The first-order chi connectivity index (χ1) is 12.6. The van der Waals surface area contributed by atoms with Crippen LogP contribution in [0.5, 0.6) is 0 Å². The van der Waals surface area contributed by atoms with Crippen LogP contribution in [0.2, 0.25) is 0 Å². The highest BCUT2D eigenvalue weighted by atomic mass is 19.1. The van der Waals surface area contributed by atoms with Crippen molar-refractivity contribution in [3.63, 3.8) is 0 Å². The van der Waals surface area contributed by atoms with Crippen LogP contribution in [0, 0.1) is 17.7 Å². The van der Waals surface area contributed by atoms with E-state index in [2.05, 4.69) is 0 Å². The molecule has 2 heterocycles. The molecule has 4 nitrogen and oxygen atoms in total. The zero-order valence-electron chi connectivity index (χ0n) is 15.2.